The summed E-state index contributed by atoms with van der Waals surface area (Å²) >= 11 is 0. The second-order valence-corrected chi connectivity index (χ2v) is 22.6. The lowest BCUT2D eigenvalue weighted by molar-refractivity contribution is 0.252. The van der Waals surface area contributed by atoms with Gasteiger partial charge in [0.2, 0.25) is 0 Å². The molecule has 5 heteroatoms. The Hall–Kier alpha value is -7.24. The Kier molecular flexibility index (Phi) is 9.11. The Morgan fingerprint density at radius 2 is 1.40 bits per heavy atom. The number of aryl methyl sites for hydroxylation is 3. The molecule has 5 heterocycles. The molecule has 70 heavy (non-hydrogen) atoms. The first-order valence-corrected chi connectivity index (χ1v) is 25.4. The quantitative estimate of drug-likeness (QED) is 0.173. The molecule has 0 N–H and O–H groups in total. The molecule has 1 spiro atoms. The molecule has 13 rings (SSSR count). The Labute approximate surface area is 412 Å². The molecule has 0 amide bonds. The van der Waals surface area contributed by atoms with Gasteiger partial charge < -0.3 is 9.47 Å². The van der Waals surface area contributed by atoms with Crippen molar-refractivity contribution < 1.29 is 0 Å². The zero-order valence-corrected chi connectivity index (χ0v) is 42.2. The van der Waals surface area contributed by atoms with Crippen molar-refractivity contribution in [2.75, 3.05) is 4.90 Å². The van der Waals surface area contributed by atoms with Crippen LogP contribution in [-0.4, -0.2) is 25.5 Å². The molecule has 10 aromatic rings. The number of nitrogens with zero attached hydrogens (tertiary/aromatic N) is 5. The minimum absolute atomic E-state index is 0.145. The average Bonchev–Trinajstić information content (AvgIpc) is 4.00. The summed E-state index contributed by atoms with van der Waals surface area (Å²) in [7, 11) is 0. The number of hydrogen-bond donors (Lipinski definition) is 0. The summed E-state index contributed by atoms with van der Waals surface area (Å²) < 4.78 is 4.89. The number of anilines is 1. The third-order valence-corrected chi connectivity index (χ3v) is 16.7. The van der Waals surface area contributed by atoms with Crippen molar-refractivity contribution in [2.24, 2.45) is 4.99 Å². The van der Waals surface area contributed by atoms with Gasteiger partial charge in [0.25, 0.3) is 0 Å². The number of fused-ring (bicyclic) bond motifs is 9. The minimum Gasteiger partial charge on any atom is -0.313 e. The van der Waals surface area contributed by atoms with Crippen molar-refractivity contribution in [2.45, 2.75) is 110 Å². The van der Waals surface area contributed by atoms with Crippen molar-refractivity contribution >= 4 is 55.3 Å². The summed E-state index contributed by atoms with van der Waals surface area (Å²) in [6.45, 7) is 23.5. The van der Waals surface area contributed by atoms with Crippen LogP contribution in [0.1, 0.15) is 117 Å². The smallest absolute Gasteiger partial charge is 0.145 e. The zero-order valence-electron chi connectivity index (χ0n) is 42.2. The van der Waals surface area contributed by atoms with E-state index in [2.05, 4.69) is 229 Å². The van der Waals surface area contributed by atoms with Gasteiger partial charge in [-0.2, -0.15) is 0 Å². The van der Waals surface area contributed by atoms with Crippen LogP contribution in [0.2, 0.25) is 0 Å². The molecule has 346 valence electrons. The molecule has 1 unspecified atom stereocenters. The highest BCUT2D eigenvalue weighted by molar-refractivity contribution is 6.16. The number of hydrogen-bond acceptors (Lipinski definition) is 3. The van der Waals surface area contributed by atoms with Gasteiger partial charge in [0.1, 0.15) is 11.5 Å². The van der Waals surface area contributed by atoms with Gasteiger partial charge in [-0.1, -0.05) is 126 Å². The van der Waals surface area contributed by atoms with Crippen LogP contribution in [0.4, 0.5) is 5.69 Å². The molecule has 0 fully saturated rings. The van der Waals surface area contributed by atoms with Gasteiger partial charge in [0.15, 0.2) is 0 Å². The molecule has 3 atom stereocenters. The maximum Gasteiger partial charge on any atom is 0.145 e. The summed E-state index contributed by atoms with van der Waals surface area (Å²) in [4.78, 5) is 14.0. The number of rotatable bonds is 5. The second-order valence-electron chi connectivity index (χ2n) is 22.6. The molecule has 1 aliphatic carbocycles. The van der Waals surface area contributed by atoms with Gasteiger partial charge in [-0.3, -0.25) is 9.56 Å². The largest absolute Gasteiger partial charge is 0.313 e. The van der Waals surface area contributed by atoms with Gasteiger partial charge in [-0.15, -0.1) is 0 Å². The molecule has 0 saturated carbocycles. The predicted octanol–water partition coefficient (Wildman–Crippen LogP) is 16.3. The summed E-state index contributed by atoms with van der Waals surface area (Å²) in [5.74, 6) is 1.80. The van der Waals surface area contributed by atoms with E-state index in [9.17, 15) is 0 Å². The monoisotopic (exact) mass is 911 g/mol. The van der Waals surface area contributed by atoms with Crippen molar-refractivity contribution in [3.05, 3.63) is 202 Å². The first-order valence-electron chi connectivity index (χ1n) is 25.4. The van der Waals surface area contributed by atoms with Gasteiger partial charge >= 0.3 is 0 Å². The van der Waals surface area contributed by atoms with E-state index in [1.807, 2.05) is 6.20 Å². The maximum atomic E-state index is 6.13. The van der Waals surface area contributed by atoms with E-state index < -0.39 is 0 Å². The number of pyridine rings is 1. The third kappa shape index (κ3) is 5.96. The van der Waals surface area contributed by atoms with Gasteiger partial charge in [0, 0.05) is 51.1 Å². The number of aliphatic imine (C=N–C) groups is 1. The normalized spacial score (nSPS) is 19.6. The van der Waals surface area contributed by atoms with Crippen LogP contribution in [0.3, 0.4) is 0 Å². The highest BCUT2D eigenvalue weighted by atomic mass is 15.4. The van der Waals surface area contributed by atoms with E-state index in [1.165, 1.54) is 88.6 Å². The van der Waals surface area contributed by atoms with Crippen molar-refractivity contribution in [1.82, 2.24) is 14.1 Å². The average molecular weight is 912 g/mol. The molecular formula is C65H61N5. The Morgan fingerprint density at radius 3 is 2.20 bits per heavy atom. The van der Waals surface area contributed by atoms with Crippen molar-refractivity contribution in [3.8, 4) is 22.5 Å². The molecule has 0 bridgehead atoms. The topological polar surface area (TPSA) is 38.4 Å². The lowest BCUT2D eigenvalue weighted by Crippen LogP contribution is -2.57. The van der Waals surface area contributed by atoms with Gasteiger partial charge in [-0.25, -0.2) is 4.98 Å². The molecule has 5 nitrogen and oxygen atoms in total. The minimum atomic E-state index is -0.365. The Morgan fingerprint density at radius 1 is 0.629 bits per heavy atom. The molecule has 3 aromatic heterocycles. The molecular weight excluding hydrogens is 851 g/mol. The second kappa shape index (κ2) is 14.9. The molecule has 3 aliphatic rings. The third-order valence-electron chi connectivity index (χ3n) is 16.7. The van der Waals surface area contributed by atoms with E-state index >= 15 is 0 Å². The molecule has 0 saturated heterocycles. The van der Waals surface area contributed by atoms with Crippen LogP contribution < -0.4 is 4.90 Å². The molecule has 2 aliphatic heterocycles. The van der Waals surface area contributed by atoms with Crippen LogP contribution in [0.25, 0.3) is 66.2 Å². The Balaban J connectivity index is 1.07. The summed E-state index contributed by atoms with van der Waals surface area (Å²) in [6.07, 6.45) is 3.85. The molecule has 0 radical (unpaired) electrons. The summed E-state index contributed by atoms with van der Waals surface area (Å²) in [5.41, 5.74) is 21.7. The Bertz CT molecular complexity index is 3860. The summed E-state index contributed by atoms with van der Waals surface area (Å²) in [5, 5.41) is 4.82. The zero-order chi connectivity index (χ0) is 48.2. The van der Waals surface area contributed by atoms with Crippen LogP contribution in [0, 0.1) is 20.8 Å². The standard InChI is InChI=1S/C65H61N5/c1-38(2)50-18-14-19-51-42(6)36-65-56-30-41(5)40(4)29-46(56)37-64(65,10)67-61(70(65)60(50)51)45-31-47(63(7,8)9)34-49(32-45)68-57-25-21-39(3)28-54(57)52-24-23-48(35-59(52)68)69-58-26-22-44(43-16-12-11-13-17-43)33-55(58)53-20-15-27-66-62(53)69/h11-35,38,42H,36-37H2,1-10H3/t42?,64-,65+/m1/s1. The SMILES string of the molecule is Cc1ccc2c(c1)c1ccc(-n3c4ccc(-c5ccccc5)cc4c4cccnc43)cc1n2-c1cc(C2=N[C@]3(C)Cc4cc(C)c(C)cc4[C@@]34CC(C)c3cccc(C(C)C)c3N24)cc(C(C)(C)C)c1. The van der Waals surface area contributed by atoms with E-state index in [4.69, 9.17) is 9.98 Å². The lowest BCUT2D eigenvalue weighted by Gasteiger charge is -2.51. The summed E-state index contributed by atoms with van der Waals surface area (Å²) in [6, 6.07) is 55.2. The first kappa shape index (κ1) is 42.8. The van der Waals surface area contributed by atoms with Crippen molar-refractivity contribution in [1.29, 1.82) is 0 Å². The maximum absolute atomic E-state index is 6.13. The first-order chi connectivity index (χ1) is 33.6. The van der Waals surface area contributed by atoms with Crippen LogP contribution in [0.5, 0.6) is 0 Å². The van der Waals surface area contributed by atoms with E-state index in [0.29, 0.717) is 11.8 Å². The number of amidine groups is 1. The predicted molar refractivity (Wildman–Crippen MR) is 294 cm³/mol. The van der Waals surface area contributed by atoms with Gasteiger partial charge in [-0.05, 0) is 168 Å². The number of para-hydroxylation sites is 1. The van der Waals surface area contributed by atoms with E-state index in [1.54, 1.807) is 0 Å². The molecule has 7 aromatic carbocycles. The fourth-order valence-electron chi connectivity index (χ4n) is 13.1. The highest BCUT2D eigenvalue weighted by Crippen LogP contribution is 2.64. The van der Waals surface area contributed by atoms with Crippen molar-refractivity contribution in [3.63, 3.8) is 0 Å². The number of aromatic nitrogens is 3. The number of benzene rings is 7. The van der Waals surface area contributed by atoms with Crippen LogP contribution in [0.15, 0.2) is 157 Å². The fourth-order valence-corrected chi connectivity index (χ4v) is 13.1. The highest BCUT2D eigenvalue weighted by Gasteiger charge is 2.66. The van der Waals surface area contributed by atoms with Gasteiger partial charge in [0.05, 0.1) is 33.3 Å². The van der Waals surface area contributed by atoms with Crippen LogP contribution >= 0.6 is 0 Å². The fraction of sp³-hybridized carbons (Fsp3) is 0.262. The lowest BCUT2D eigenvalue weighted by atomic mass is 9.67. The van der Waals surface area contributed by atoms with Crippen LogP contribution in [-0.2, 0) is 17.4 Å². The van der Waals surface area contributed by atoms with E-state index in [-0.39, 0.29) is 16.5 Å². The van der Waals surface area contributed by atoms with E-state index in [0.717, 1.165) is 52.1 Å².